The minimum atomic E-state index is -3.46. The van der Waals surface area contributed by atoms with Gasteiger partial charge in [0, 0.05) is 33.1 Å². The molecule has 0 aromatic heterocycles. The predicted molar refractivity (Wildman–Crippen MR) is 86.9 cm³/mol. The molecular weight excluding hydrogens is 316 g/mol. The quantitative estimate of drug-likeness (QED) is 0.829. The minimum Gasteiger partial charge on any atom is -0.341 e. The van der Waals surface area contributed by atoms with Crippen molar-refractivity contribution >= 4 is 21.7 Å². The third kappa shape index (κ3) is 3.90. The smallest absolute Gasteiger partial charge is 0.255 e. The summed E-state index contributed by atoms with van der Waals surface area (Å²) in [6.45, 7) is 5.10. The Labute approximate surface area is 137 Å². The SMILES string of the molecule is CCS(=O)(=O)c1ccccc1C(=O)N1CCCN(C(C)=O)CC1. The highest BCUT2D eigenvalue weighted by molar-refractivity contribution is 7.91. The maximum absolute atomic E-state index is 12.8. The van der Waals surface area contributed by atoms with Crippen molar-refractivity contribution in [2.45, 2.75) is 25.2 Å². The van der Waals surface area contributed by atoms with Gasteiger partial charge in [-0.1, -0.05) is 19.1 Å². The Morgan fingerprint density at radius 2 is 1.65 bits per heavy atom. The highest BCUT2D eigenvalue weighted by atomic mass is 32.2. The average molecular weight is 338 g/mol. The van der Waals surface area contributed by atoms with Crippen LogP contribution >= 0.6 is 0 Å². The molecule has 0 atom stereocenters. The summed E-state index contributed by atoms with van der Waals surface area (Å²) in [6, 6.07) is 6.32. The first-order valence-electron chi connectivity index (χ1n) is 7.73. The van der Waals surface area contributed by atoms with E-state index < -0.39 is 9.84 Å². The van der Waals surface area contributed by atoms with Gasteiger partial charge in [0.1, 0.15) is 0 Å². The van der Waals surface area contributed by atoms with Gasteiger partial charge in [0.25, 0.3) is 5.91 Å². The highest BCUT2D eigenvalue weighted by Gasteiger charge is 2.26. The zero-order valence-electron chi connectivity index (χ0n) is 13.5. The molecule has 2 rings (SSSR count). The molecule has 1 aromatic rings. The van der Waals surface area contributed by atoms with Gasteiger partial charge in [-0.05, 0) is 18.6 Å². The van der Waals surface area contributed by atoms with Crippen LogP contribution in [-0.2, 0) is 14.6 Å². The van der Waals surface area contributed by atoms with Crippen molar-refractivity contribution in [3.63, 3.8) is 0 Å². The van der Waals surface area contributed by atoms with Crippen LogP contribution in [0.5, 0.6) is 0 Å². The van der Waals surface area contributed by atoms with Gasteiger partial charge >= 0.3 is 0 Å². The Bertz CT molecular complexity index is 700. The molecule has 1 aliphatic rings. The minimum absolute atomic E-state index is 0.00624. The summed E-state index contributed by atoms with van der Waals surface area (Å²) in [5.74, 6) is -0.341. The van der Waals surface area contributed by atoms with Crippen molar-refractivity contribution in [3.05, 3.63) is 29.8 Å². The Morgan fingerprint density at radius 3 is 2.30 bits per heavy atom. The second-order valence-electron chi connectivity index (χ2n) is 5.55. The lowest BCUT2D eigenvalue weighted by Crippen LogP contribution is -2.37. The third-order valence-electron chi connectivity index (χ3n) is 4.06. The Kier molecular flexibility index (Phi) is 5.41. The molecule has 0 unspecified atom stereocenters. The molecule has 0 bridgehead atoms. The van der Waals surface area contributed by atoms with E-state index in [0.717, 1.165) is 0 Å². The molecule has 0 radical (unpaired) electrons. The fraction of sp³-hybridized carbons (Fsp3) is 0.500. The van der Waals surface area contributed by atoms with Crippen LogP contribution in [0.15, 0.2) is 29.2 Å². The van der Waals surface area contributed by atoms with E-state index in [-0.39, 0.29) is 28.0 Å². The molecule has 1 fully saturated rings. The summed E-state index contributed by atoms with van der Waals surface area (Å²) in [5.41, 5.74) is 0.214. The molecule has 1 heterocycles. The van der Waals surface area contributed by atoms with Crippen LogP contribution in [0.3, 0.4) is 0 Å². The molecule has 1 saturated heterocycles. The topological polar surface area (TPSA) is 74.8 Å². The van der Waals surface area contributed by atoms with E-state index in [9.17, 15) is 18.0 Å². The highest BCUT2D eigenvalue weighted by Crippen LogP contribution is 2.19. The number of sulfone groups is 1. The van der Waals surface area contributed by atoms with Crippen LogP contribution in [0.4, 0.5) is 0 Å². The van der Waals surface area contributed by atoms with E-state index in [4.69, 9.17) is 0 Å². The third-order valence-corrected chi connectivity index (χ3v) is 5.85. The maximum Gasteiger partial charge on any atom is 0.255 e. The van der Waals surface area contributed by atoms with Crippen molar-refractivity contribution in [1.29, 1.82) is 0 Å². The molecule has 6 nitrogen and oxygen atoms in total. The summed E-state index contributed by atoms with van der Waals surface area (Å²) in [5, 5.41) is 0. The van der Waals surface area contributed by atoms with E-state index in [1.807, 2.05) is 0 Å². The zero-order chi connectivity index (χ0) is 17.0. The number of hydrogen-bond acceptors (Lipinski definition) is 4. The van der Waals surface area contributed by atoms with E-state index in [2.05, 4.69) is 0 Å². The first kappa shape index (κ1) is 17.5. The summed E-state index contributed by atoms with van der Waals surface area (Å²) in [7, 11) is -3.46. The second kappa shape index (κ2) is 7.12. The molecule has 0 saturated carbocycles. The lowest BCUT2D eigenvalue weighted by Gasteiger charge is -2.22. The van der Waals surface area contributed by atoms with Gasteiger partial charge in [0.05, 0.1) is 16.2 Å². The van der Waals surface area contributed by atoms with Gasteiger partial charge in [-0.3, -0.25) is 9.59 Å². The number of carbonyl (C=O) groups excluding carboxylic acids is 2. The normalized spacial score (nSPS) is 16.1. The van der Waals surface area contributed by atoms with Gasteiger partial charge in [-0.25, -0.2) is 8.42 Å². The van der Waals surface area contributed by atoms with Crippen molar-refractivity contribution in [1.82, 2.24) is 9.80 Å². The van der Waals surface area contributed by atoms with Crippen LogP contribution in [-0.4, -0.2) is 62.0 Å². The molecule has 1 aromatic carbocycles. The Balaban J connectivity index is 2.26. The second-order valence-corrected chi connectivity index (χ2v) is 7.80. The molecule has 1 aliphatic heterocycles. The molecule has 2 amide bonds. The number of hydrogen-bond donors (Lipinski definition) is 0. The fourth-order valence-electron chi connectivity index (χ4n) is 2.68. The average Bonchev–Trinajstić information content (AvgIpc) is 2.80. The predicted octanol–water partition coefficient (Wildman–Crippen LogP) is 1.17. The summed E-state index contributed by atoms with van der Waals surface area (Å²) >= 11 is 0. The van der Waals surface area contributed by atoms with Crippen molar-refractivity contribution in [2.75, 3.05) is 31.9 Å². The van der Waals surface area contributed by atoms with Crippen LogP contribution in [0.1, 0.15) is 30.6 Å². The van der Waals surface area contributed by atoms with Crippen LogP contribution in [0, 0.1) is 0 Å². The number of benzene rings is 1. The largest absolute Gasteiger partial charge is 0.341 e. The van der Waals surface area contributed by atoms with E-state index in [1.165, 1.54) is 13.0 Å². The monoisotopic (exact) mass is 338 g/mol. The van der Waals surface area contributed by atoms with Crippen molar-refractivity contribution in [3.8, 4) is 0 Å². The summed E-state index contributed by atoms with van der Waals surface area (Å²) in [6.07, 6.45) is 0.689. The number of rotatable bonds is 3. The molecular formula is C16H22N2O4S. The van der Waals surface area contributed by atoms with Gasteiger partial charge in [0.2, 0.25) is 5.91 Å². The maximum atomic E-state index is 12.8. The van der Waals surface area contributed by atoms with Crippen LogP contribution in [0.2, 0.25) is 0 Å². The lowest BCUT2D eigenvalue weighted by atomic mass is 10.2. The Morgan fingerprint density at radius 1 is 1.04 bits per heavy atom. The summed E-state index contributed by atoms with van der Waals surface area (Å²) in [4.78, 5) is 27.7. The molecule has 126 valence electrons. The standard InChI is InChI=1S/C16H22N2O4S/c1-3-23(21,22)15-8-5-4-7-14(15)16(20)18-10-6-9-17(11-12-18)13(2)19/h4-5,7-8H,3,6,9-12H2,1-2H3. The molecule has 0 aliphatic carbocycles. The molecule has 0 spiro atoms. The van der Waals surface area contributed by atoms with Crippen LogP contribution in [0.25, 0.3) is 0 Å². The number of carbonyl (C=O) groups is 2. The van der Waals surface area contributed by atoms with Gasteiger partial charge in [-0.2, -0.15) is 0 Å². The summed E-state index contributed by atoms with van der Waals surface area (Å²) < 4.78 is 24.4. The Hall–Kier alpha value is -1.89. The van der Waals surface area contributed by atoms with Gasteiger partial charge < -0.3 is 9.80 Å². The fourth-order valence-corrected chi connectivity index (χ4v) is 3.76. The first-order chi connectivity index (χ1) is 10.9. The van der Waals surface area contributed by atoms with E-state index in [0.29, 0.717) is 32.6 Å². The van der Waals surface area contributed by atoms with Crippen molar-refractivity contribution < 1.29 is 18.0 Å². The van der Waals surface area contributed by atoms with Gasteiger partial charge in [0.15, 0.2) is 9.84 Å². The molecule has 7 heteroatoms. The molecule has 23 heavy (non-hydrogen) atoms. The van der Waals surface area contributed by atoms with E-state index in [1.54, 1.807) is 34.9 Å². The lowest BCUT2D eigenvalue weighted by molar-refractivity contribution is -0.128. The van der Waals surface area contributed by atoms with Gasteiger partial charge in [-0.15, -0.1) is 0 Å². The number of nitrogens with zero attached hydrogens (tertiary/aromatic N) is 2. The van der Waals surface area contributed by atoms with Crippen LogP contribution < -0.4 is 0 Å². The zero-order valence-corrected chi connectivity index (χ0v) is 14.3. The first-order valence-corrected chi connectivity index (χ1v) is 9.38. The number of amides is 2. The van der Waals surface area contributed by atoms with E-state index >= 15 is 0 Å². The molecule has 0 N–H and O–H groups in total. The van der Waals surface area contributed by atoms with Crippen molar-refractivity contribution in [2.24, 2.45) is 0 Å².